The van der Waals surface area contributed by atoms with E-state index in [4.69, 9.17) is 5.73 Å². The van der Waals surface area contributed by atoms with Crippen LogP contribution in [-0.2, 0) is 4.79 Å². The van der Waals surface area contributed by atoms with E-state index in [0.717, 1.165) is 6.42 Å². The Morgan fingerprint density at radius 3 is 2.96 bits per heavy atom. The minimum absolute atomic E-state index is 0.163. The Kier molecular flexibility index (Phi) is 3.72. The number of nitrogens with two attached hydrogens (primary N) is 1. The van der Waals surface area contributed by atoms with Gasteiger partial charge in [-0.05, 0) is 31.9 Å². The van der Waals surface area contributed by atoms with Crippen LogP contribution in [0.3, 0.4) is 0 Å². The summed E-state index contributed by atoms with van der Waals surface area (Å²) in [6.07, 6.45) is 3.00. The monoisotopic (exact) mass is 370 g/mol. The number of carbonyl (C=O) groups excluding carboxylic acids is 1. The van der Waals surface area contributed by atoms with Gasteiger partial charge in [-0.3, -0.25) is 9.89 Å². The molecule has 11 heteroatoms. The molecule has 3 aromatic heterocycles. The van der Waals surface area contributed by atoms with E-state index in [1.807, 2.05) is 6.07 Å². The lowest BCUT2D eigenvalue weighted by Crippen LogP contribution is -2.49. The van der Waals surface area contributed by atoms with E-state index in [0.29, 0.717) is 36.1 Å². The first kappa shape index (κ1) is 16.8. The van der Waals surface area contributed by atoms with Crippen LogP contribution in [0.5, 0.6) is 0 Å². The van der Waals surface area contributed by atoms with Crippen molar-refractivity contribution in [3.63, 3.8) is 0 Å². The second-order valence-electron chi connectivity index (χ2n) is 6.59. The maximum atomic E-state index is 11.8. The number of primary amides is 1. The summed E-state index contributed by atoms with van der Waals surface area (Å²) in [5, 5.41) is 23.7. The maximum Gasteiger partial charge on any atom is 0.329 e. The third-order valence-electron chi connectivity index (χ3n) is 4.81. The molecule has 0 bridgehead atoms. The number of hydrogen-bond acceptors (Lipinski definition) is 7. The lowest BCUT2D eigenvalue weighted by atomic mass is 10.00. The summed E-state index contributed by atoms with van der Waals surface area (Å²) in [5.41, 5.74) is 5.01. The van der Waals surface area contributed by atoms with Gasteiger partial charge in [-0.25, -0.2) is 9.31 Å². The van der Waals surface area contributed by atoms with E-state index in [1.165, 1.54) is 6.07 Å². The molecule has 1 fully saturated rings. The Hall–Kier alpha value is -3.63. The molecule has 5 N–H and O–H groups in total. The van der Waals surface area contributed by atoms with Crippen LogP contribution in [0.25, 0.3) is 5.52 Å². The van der Waals surface area contributed by atoms with Gasteiger partial charge in [0.25, 0.3) is 5.91 Å². The fourth-order valence-electron chi connectivity index (χ4n) is 3.27. The molecule has 4 rings (SSSR count). The minimum atomic E-state index is -1.07. The fourth-order valence-corrected chi connectivity index (χ4v) is 3.27. The van der Waals surface area contributed by atoms with Crippen molar-refractivity contribution >= 4 is 35.0 Å². The Morgan fingerprint density at radius 1 is 1.44 bits per heavy atom. The summed E-state index contributed by atoms with van der Waals surface area (Å²) in [6.45, 7) is 2.22. The molecular formula is C16H18N8O3. The number of amides is 1. The van der Waals surface area contributed by atoms with Gasteiger partial charge in [-0.1, -0.05) is 0 Å². The summed E-state index contributed by atoms with van der Waals surface area (Å²) >= 11 is 0. The topological polar surface area (TPSA) is 155 Å². The summed E-state index contributed by atoms with van der Waals surface area (Å²) < 4.78 is 1.62. The second kappa shape index (κ2) is 5.97. The van der Waals surface area contributed by atoms with Crippen molar-refractivity contribution in [2.75, 3.05) is 16.8 Å². The third kappa shape index (κ3) is 2.72. The molecule has 0 unspecified atom stereocenters. The Morgan fingerprint density at radius 2 is 2.26 bits per heavy atom. The zero-order valence-corrected chi connectivity index (χ0v) is 14.5. The summed E-state index contributed by atoms with van der Waals surface area (Å²) in [5.74, 6) is -0.439. The van der Waals surface area contributed by atoms with Crippen LogP contribution < -0.4 is 16.0 Å². The molecule has 0 aromatic carbocycles. The van der Waals surface area contributed by atoms with Crippen LogP contribution in [0.2, 0.25) is 0 Å². The molecule has 0 saturated carbocycles. The van der Waals surface area contributed by atoms with E-state index in [-0.39, 0.29) is 5.69 Å². The predicted octanol–water partition coefficient (Wildman–Crippen LogP) is 0.738. The molecule has 1 aliphatic rings. The number of nitrogens with zero attached hydrogens (tertiary/aromatic N) is 5. The molecule has 27 heavy (non-hydrogen) atoms. The van der Waals surface area contributed by atoms with E-state index in [1.54, 1.807) is 28.6 Å². The highest BCUT2D eigenvalue weighted by molar-refractivity contribution is 5.91. The molecule has 3 aromatic rings. The zero-order valence-electron chi connectivity index (χ0n) is 14.5. The van der Waals surface area contributed by atoms with Crippen LogP contribution >= 0.6 is 0 Å². The number of carbonyl (C=O) groups is 2. The highest BCUT2D eigenvalue weighted by Gasteiger charge is 2.45. The molecule has 0 radical (unpaired) electrons. The lowest BCUT2D eigenvalue weighted by Gasteiger charge is -2.31. The number of aliphatic carboxylic acids is 1. The fraction of sp³-hybridized carbons (Fsp3) is 0.312. The number of fused-ring (bicyclic) bond motifs is 1. The number of H-pyrrole nitrogens is 1. The molecule has 11 nitrogen and oxygen atoms in total. The zero-order chi connectivity index (χ0) is 19.2. The van der Waals surface area contributed by atoms with Gasteiger partial charge >= 0.3 is 5.97 Å². The number of carboxylic acids is 1. The van der Waals surface area contributed by atoms with Gasteiger partial charge < -0.3 is 21.1 Å². The Labute approximate surface area is 153 Å². The predicted molar refractivity (Wildman–Crippen MR) is 96.0 cm³/mol. The van der Waals surface area contributed by atoms with Gasteiger partial charge in [-0.15, -0.1) is 5.10 Å². The maximum absolute atomic E-state index is 11.8. The molecular weight excluding hydrogens is 352 g/mol. The second-order valence-corrected chi connectivity index (χ2v) is 6.59. The van der Waals surface area contributed by atoms with E-state index in [2.05, 4.69) is 25.6 Å². The number of aromatic amines is 1. The third-order valence-corrected chi connectivity index (χ3v) is 4.81. The van der Waals surface area contributed by atoms with E-state index >= 15 is 0 Å². The molecule has 0 spiro atoms. The Bertz CT molecular complexity index is 1040. The average Bonchev–Trinajstić information content (AvgIpc) is 3.33. The summed E-state index contributed by atoms with van der Waals surface area (Å²) in [4.78, 5) is 29.2. The summed E-state index contributed by atoms with van der Waals surface area (Å²) in [6, 6.07) is 5.09. The van der Waals surface area contributed by atoms with Crippen molar-refractivity contribution in [2.24, 2.45) is 5.73 Å². The normalized spacial score (nSPS) is 19.5. The quantitative estimate of drug-likeness (QED) is 0.512. The van der Waals surface area contributed by atoms with Crippen molar-refractivity contribution in [1.82, 2.24) is 24.8 Å². The van der Waals surface area contributed by atoms with Gasteiger partial charge in [-0.2, -0.15) is 10.1 Å². The van der Waals surface area contributed by atoms with E-state index < -0.39 is 17.4 Å². The van der Waals surface area contributed by atoms with Crippen LogP contribution in [0, 0.1) is 0 Å². The van der Waals surface area contributed by atoms with Crippen LogP contribution in [0.4, 0.5) is 17.6 Å². The van der Waals surface area contributed by atoms with Crippen molar-refractivity contribution in [3.8, 4) is 0 Å². The number of rotatable bonds is 5. The van der Waals surface area contributed by atoms with Gasteiger partial charge in [0.05, 0.1) is 0 Å². The first-order chi connectivity index (χ1) is 12.9. The molecule has 140 valence electrons. The number of hydrogen-bond donors (Lipinski definition) is 4. The van der Waals surface area contributed by atoms with Crippen molar-refractivity contribution < 1.29 is 14.7 Å². The van der Waals surface area contributed by atoms with Crippen LogP contribution in [0.1, 0.15) is 30.3 Å². The number of carboxylic acid groups (broad SMARTS) is 1. The smallest absolute Gasteiger partial charge is 0.329 e. The number of anilines is 3. The average molecular weight is 370 g/mol. The molecule has 4 heterocycles. The minimum Gasteiger partial charge on any atom is -0.480 e. The van der Waals surface area contributed by atoms with Crippen molar-refractivity contribution in [3.05, 3.63) is 30.1 Å². The van der Waals surface area contributed by atoms with Gasteiger partial charge in [0.1, 0.15) is 16.7 Å². The van der Waals surface area contributed by atoms with E-state index in [9.17, 15) is 14.7 Å². The highest BCUT2D eigenvalue weighted by Crippen LogP contribution is 2.33. The van der Waals surface area contributed by atoms with Crippen LogP contribution in [-0.4, -0.2) is 53.9 Å². The molecule has 1 saturated heterocycles. The first-order valence-corrected chi connectivity index (χ1v) is 8.37. The van der Waals surface area contributed by atoms with Gasteiger partial charge in [0, 0.05) is 18.8 Å². The lowest BCUT2D eigenvalue weighted by molar-refractivity contribution is -0.142. The first-order valence-electron chi connectivity index (χ1n) is 8.37. The van der Waals surface area contributed by atoms with Gasteiger partial charge in [0.15, 0.2) is 11.6 Å². The van der Waals surface area contributed by atoms with Crippen LogP contribution in [0.15, 0.2) is 24.4 Å². The van der Waals surface area contributed by atoms with Crippen molar-refractivity contribution in [1.29, 1.82) is 0 Å². The molecule has 1 aliphatic heterocycles. The molecule has 1 atom stereocenters. The molecule has 1 amide bonds. The summed E-state index contributed by atoms with van der Waals surface area (Å²) in [7, 11) is 0. The standard InChI is InChI=1S/C16H18N8O3/c1-16(14(26)27)5-3-6-23(16)15-19-13(10-4-2-7-24(10)22-15)18-11-8-9(12(17)25)20-21-11/h2,4,7-8H,3,5-6H2,1H3,(H2,17,25)(H,26,27)(H2,18,19,20,21,22)/t16-/m0/s1. The Balaban J connectivity index is 1.76. The number of nitrogens with one attached hydrogen (secondary N) is 2. The highest BCUT2D eigenvalue weighted by atomic mass is 16.4. The van der Waals surface area contributed by atoms with Gasteiger partial charge in [0.2, 0.25) is 5.95 Å². The largest absolute Gasteiger partial charge is 0.480 e. The molecule has 0 aliphatic carbocycles. The SMILES string of the molecule is C[C@@]1(C(=O)O)CCCN1c1nc(Nc2cc(C(N)=O)[nH]n2)c2cccn2n1. The van der Waals surface area contributed by atoms with Crippen molar-refractivity contribution in [2.45, 2.75) is 25.3 Å². The number of aromatic nitrogens is 5.